The summed E-state index contributed by atoms with van der Waals surface area (Å²) in [6.07, 6.45) is -1.64. The van der Waals surface area contributed by atoms with E-state index < -0.39 is 48.5 Å². The van der Waals surface area contributed by atoms with E-state index in [1.165, 1.54) is 4.90 Å². The summed E-state index contributed by atoms with van der Waals surface area (Å²) < 4.78 is 15.8. The molecule has 1 rings (SSSR count). The van der Waals surface area contributed by atoms with E-state index in [4.69, 9.17) is 14.2 Å². The maximum atomic E-state index is 13.4. The van der Waals surface area contributed by atoms with Crippen LogP contribution in [0.3, 0.4) is 0 Å². The van der Waals surface area contributed by atoms with Crippen molar-refractivity contribution in [3.63, 3.8) is 0 Å². The van der Waals surface area contributed by atoms with E-state index in [0.717, 1.165) is 20.8 Å². The topological polar surface area (TPSA) is 145 Å². The molecule has 0 aliphatic carbocycles. The van der Waals surface area contributed by atoms with Gasteiger partial charge in [0.1, 0.15) is 6.61 Å². The van der Waals surface area contributed by atoms with Gasteiger partial charge in [-0.1, -0.05) is 6.08 Å². The third-order valence-electron chi connectivity index (χ3n) is 4.38. The van der Waals surface area contributed by atoms with Crippen LogP contribution in [0.25, 0.3) is 0 Å². The molecule has 0 aliphatic rings. The first-order chi connectivity index (χ1) is 17.1. The molecule has 0 saturated heterocycles. The van der Waals surface area contributed by atoms with Gasteiger partial charge < -0.3 is 24.4 Å². The fourth-order valence-electron chi connectivity index (χ4n) is 2.87. The van der Waals surface area contributed by atoms with Gasteiger partial charge in [0.15, 0.2) is 6.10 Å². The van der Waals surface area contributed by atoms with Crippen molar-refractivity contribution in [3.8, 4) is 0 Å². The second-order valence-electron chi connectivity index (χ2n) is 7.28. The summed E-state index contributed by atoms with van der Waals surface area (Å²) in [5.41, 5.74) is 0.503. The van der Waals surface area contributed by atoms with E-state index >= 15 is 0 Å². The lowest BCUT2D eigenvalue weighted by atomic mass is 10.1. The van der Waals surface area contributed by atoms with Crippen molar-refractivity contribution in [2.75, 3.05) is 25.5 Å². The van der Waals surface area contributed by atoms with Crippen LogP contribution in [0, 0.1) is 10.7 Å². The molecule has 11 nitrogen and oxygen atoms in total. The normalized spacial score (nSPS) is 12.0. The fraction of sp³-hybridized carbons (Fsp3) is 0.364. The van der Waals surface area contributed by atoms with E-state index in [9.17, 15) is 28.8 Å². The molecule has 37 heavy (non-hydrogen) atoms. The first kappa shape index (κ1) is 33.9. The zero-order chi connectivity index (χ0) is 28.6. The number of hydrogen-bond donors (Lipinski definition) is 1. The van der Waals surface area contributed by atoms with Crippen LogP contribution in [-0.4, -0.2) is 70.8 Å². The molecule has 1 aromatic rings. The molecule has 0 spiro atoms. The van der Waals surface area contributed by atoms with E-state index in [1.807, 2.05) is 67.8 Å². The highest BCUT2D eigenvalue weighted by molar-refractivity contribution is 14.1. The largest absolute Gasteiger partial charge is 0.462 e. The van der Waals surface area contributed by atoms with Crippen LogP contribution in [0.1, 0.15) is 41.5 Å². The summed E-state index contributed by atoms with van der Waals surface area (Å²) in [7, 11) is 1.56. The van der Waals surface area contributed by atoms with E-state index in [2.05, 4.69) is 11.9 Å². The molecule has 1 N–H and O–H groups in total. The molecular formula is C22H22I4N2O9. The summed E-state index contributed by atoms with van der Waals surface area (Å²) in [6.45, 7) is 6.54. The standard InChI is InChI=1S/C22H22I4N2O9/c1-6-7-28(5)22(34)14-15(23)13(20(26)32)16(24)18(17(14)25)27-21(33)19(37-11(4)31)12(36-10(3)30)8-35-9(2)29/h6,12,19H,1,7-8H2,2-5H3,(H,27,33). The third-order valence-corrected chi connectivity index (χ3v) is 8.16. The third kappa shape index (κ3) is 9.55. The van der Waals surface area contributed by atoms with E-state index in [-0.39, 0.29) is 27.1 Å². The highest BCUT2D eigenvalue weighted by atomic mass is 127. The Morgan fingerprint density at radius 2 is 1.46 bits per heavy atom. The molecule has 2 atom stereocenters. The Balaban J connectivity index is 3.69. The van der Waals surface area contributed by atoms with Gasteiger partial charge >= 0.3 is 17.9 Å². The van der Waals surface area contributed by atoms with Crippen LogP contribution in [0.2, 0.25) is 0 Å². The lowest BCUT2D eigenvalue weighted by molar-refractivity contribution is -0.175. The zero-order valence-electron chi connectivity index (χ0n) is 20.0. The molecule has 0 bridgehead atoms. The molecular weight excluding hydrogens is 944 g/mol. The quantitative estimate of drug-likeness (QED) is 0.116. The highest BCUT2D eigenvalue weighted by Gasteiger charge is 2.37. The number of halogens is 4. The monoisotopic (exact) mass is 966 g/mol. The first-order valence-electron chi connectivity index (χ1n) is 10.2. The highest BCUT2D eigenvalue weighted by Crippen LogP contribution is 2.37. The van der Waals surface area contributed by atoms with Gasteiger partial charge in [0.25, 0.3) is 11.8 Å². The van der Waals surface area contributed by atoms with Gasteiger partial charge in [-0.15, -0.1) is 6.58 Å². The van der Waals surface area contributed by atoms with Gasteiger partial charge in [0.2, 0.25) is 9.89 Å². The van der Waals surface area contributed by atoms with Gasteiger partial charge in [-0.05, 0) is 67.8 Å². The number of nitrogens with one attached hydrogen (secondary N) is 1. The average molecular weight is 966 g/mol. The molecule has 0 aromatic heterocycles. The van der Waals surface area contributed by atoms with Crippen molar-refractivity contribution >= 4 is 130 Å². The number of likely N-dealkylation sites (N-methyl/N-ethyl adjacent to an activating group) is 1. The Hall–Kier alpha value is -1.10. The number of rotatable bonds is 11. The van der Waals surface area contributed by atoms with Crippen LogP contribution in [0.5, 0.6) is 0 Å². The summed E-state index contributed by atoms with van der Waals surface area (Å²) >= 11 is 7.25. The van der Waals surface area contributed by atoms with Gasteiger partial charge in [0.05, 0.1) is 24.0 Å². The minimum absolute atomic E-state index is 0.119. The minimum atomic E-state index is -1.71. The van der Waals surface area contributed by atoms with Crippen molar-refractivity contribution in [1.82, 2.24) is 4.90 Å². The molecule has 1 aromatic carbocycles. The van der Waals surface area contributed by atoms with Crippen molar-refractivity contribution < 1.29 is 43.0 Å². The van der Waals surface area contributed by atoms with Crippen LogP contribution >= 0.6 is 90.4 Å². The minimum Gasteiger partial charge on any atom is -0.462 e. The number of benzene rings is 1. The number of nitrogens with zero attached hydrogens (tertiary/aromatic N) is 1. The number of carbonyl (C=O) groups excluding carboxylic acids is 6. The molecule has 202 valence electrons. The Morgan fingerprint density at radius 3 is 1.92 bits per heavy atom. The number of esters is 3. The van der Waals surface area contributed by atoms with Gasteiger partial charge in [-0.25, -0.2) is 0 Å². The summed E-state index contributed by atoms with van der Waals surface area (Å²) in [6, 6.07) is 0. The molecule has 0 aliphatic heterocycles. The fourth-order valence-corrected chi connectivity index (χ4v) is 8.83. The Kier molecular flexibility index (Phi) is 14.2. The summed E-state index contributed by atoms with van der Waals surface area (Å²) in [4.78, 5) is 75.3. The van der Waals surface area contributed by atoms with Crippen LogP contribution < -0.4 is 5.32 Å². The number of hydrogen-bond acceptors (Lipinski definition) is 9. The zero-order valence-corrected chi connectivity index (χ0v) is 28.6. The second kappa shape index (κ2) is 15.5. The SMILES string of the molecule is C=CCN(C)C(=O)c1c(I)c(NC(=O)C(OC(C)=O)C(COC(C)=O)OC(C)=O)c(I)c(C(=O)I)c1I. The van der Waals surface area contributed by atoms with Gasteiger partial charge in [0, 0.05) is 60.5 Å². The maximum absolute atomic E-state index is 13.4. The Morgan fingerprint density at radius 1 is 0.919 bits per heavy atom. The predicted molar refractivity (Wildman–Crippen MR) is 166 cm³/mol. The van der Waals surface area contributed by atoms with Gasteiger partial charge in [-0.3, -0.25) is 28.8 Å². The number of amides is 2. The van der Waals surface area contributed by atoms with Crippen LogP contribution in [-0.2, 0) is 33.4 Å². The van der Waals surface area contributed by atoms with Crippen molar-refractivity contribution in [3.05, 3.63) is 34.5 Å². The number of ether oxygens (including phenoxy) is 3. The molecule has 0 heterocycles. The predicted octanol–water partition coefficient (Wildman–Crippen LogP) is 3.70. The number of carbonyl (C=O) groups is 6. The average Bonchev–Trinajstić information content (AvgIpc) is 2.77. The maximum Gasteiger partial charge on any atom is 0.303 e. The van der Waals surface area contributed by atoms with Crippen LogP contribution in [0.4, 0.5) is 5.69 Å². The Labute approximate surface area is 267 Å². The van der Waals surface area contributed by atoms with Gasteiger partial charge in [-0.2, -0.15) is 0 Å². The Bertz CT molecular complexity index is 1140. The molecule has 2 amide bonds. The molecule has 0 radical (unpaired) electrons. The number of anilines is 1. The molecule has 15 heteroatoms. The van der Waals surface area contributed by atoms with Crippen LogP contribution in [0.15, 0.2) is 12.7 Å². The van der Waals surface area contributed by atoms with Crippen molar-refractivity contribution in [2.45, 2.75) is 33.0 Å². The summed E-state index contributed by atoms with van der Waals surface area (Å²) in [5.74, 6) is -3.73. The van der Waals surface area contributed by atoms with E-state index in [1.54, 1.807) is 35.7 Å². The smallest absolute Gasteiger partial charge is 0.303 e. The lowest BCUT2D eigenvalue weighted by Crippen LogP contribution is -2.46. The molecule has 2 unspecified atom stereocenters. The van der Waals surface area contributed by atoms with E-state index in [0.29, 0.717) is 10.7 Å². The second-order valence-corrected chi connectivity index (χ2v) is 11.5. The molecule has 0 saturated carbocycles. The van der Waals surface area contributed by atoms with Crippen molar-refractivity contribution in [1.29, 1.82) is 0 Å². The van der Waals surface area contributed by atoms with Crippen molar-refractivity contribution in [2.24, 2.45) is 0 Å². The summed E-state index contributed by atoms with van der Waals surface area (Å²) in [5, 5.41) is 2.60. The first-order valence-corrected chi connectivity index (χ1v) is 14.5. The lowest BCUT2D eigenvalue weighted by Gasteiger charge is -2.26. The molecule has 0 fully saturated rings.